The Bertz CT molecular complexity index is 691. The summed E-state index contributed by atoms with van der Waals surface area (Å²) in [7, 11) is 1.64. The van der Waals surface area contributed by atoms with Gasteiger partial charge in [-0.2, -0.15) is 0 Å². The summed E-state index contributed by atoms with van der Waals surface area (Å²) in [4.78, 5) is 40.4. The van der Waals surface area contributed by atoms with Crippen molar-refractivity contribution < 1.29 is 9.59 Å². The number of rotatable bonds is 3. The summed E-state index contributed by atoms with van der Waals surface area (Å²) in [5, 5.41) is 0. The maximum Gasteiger partial charge on any atom is 0.255 e. The average molecular weight is 345 g/mol. The van der Waals surface area contributed by atoms with Crippen molar-refractivity contribution >= 4 is 11.8 Å². The zero-order valence-electron chi connectivity index (χ0n) is 14.9. The highest BCUT2D eigenvalue weighted by Crippen LogP contribution is 2.28. The molecule has 0 bridgehead atoms. The van der Waals surface area contributed by atoms with E-state index in [2.05, 4.69) is 0 Å². The summed E-state index contributed by atoms with van der Waals surface area (Å²) in [6.07, 6.45) is 7.90. The summed E-state index contributed by atoms with van der Waals surface area (Å²) < 4.78 is 1.42. The lowest BCUT2D eigenvalue weighted by Crippen LogP contribution is -2.38. The highest BCUT2D eigenvalue weighted by molar-refractivity contribution is 5.94. The van der Waals surface area contributed by atoms with Crippen LogP contribution in [0.3, 0.4) is 0 Å². The van der Waals surface area contributed by atoms with Crippen molar-refractivity contribution in [3.05, 3.63) is 34.2 Å². The highest BCUT2D eigenvalue weighted by atomic mass is 16.2. The first-order valence-electron chi connectivity index (χ1n) is 9.28. The molecule has 0 radical (unpaired) electrons. The fourth-order valence-corrected chi connectivity index (χ4v) is 3.86. The molecule has 2 amide bonds. The molecule has 1 aromatic rings. The molecule has 1 aliphatic carbocycles. The Morgan fingerprint density at radius 1 is 1.00 bits per heavy atom. The average Bonchev–Trinajstić information content (AvgIpc) is 2.98. The van der Waals surface area contributed by atoms with Crippen LogP contribution in [0.5, 0.6) is 0 Å². The summed E-state index contributed by atoms with van der Waals surface area (Å²) >= 11 is 0. The molecule has 2 heterocycles. The fourth-order valence-electron chi connectivity index (χ4n) is 3.86. The lowest BCUT2D eigenvalue weighted by atomic mass is 10.0. The van der Waals surface area contributed by atoms with Gasteiger partial charge in [0.05, 0.1) is 5.56 Å². The lowest BCUT2D eigenvalue weighted by Gasteiger charge is -2.23. The summed E-state index contributed by atoms with van der Waals surface area (Å²) in [5.74, 6) is 0.725. The molecule has 3 rings (SSSR count). The number of carbonyl (C=O) groups is 2. The van der Waals surface area contributed by atoms with Crippen molar-refractivity contribution in [1.82, 2.24) is 14.4 Å². The van der Waals surface area contributed by atoms with Gasteiger partial charge in [-0.15, -0.1) is 0 Å². The van der Waals surface area contributed by atoms with Gasteiger partial charge in [0.1, 0.15) is 0 Å². The van der Waals surface area contributed by atoms with Crippen LogP contribution >= 0.6 is 0 Å². The third-order valence-corrected chi connectivity index (χ3v) is 5.41. The molecule has 1 saturated heterocycles. The van der Waals surface area contributed by atoms with E-state index in [1.165, 1.54) is 36.3 Å². The minimum absolute atomic E-state index is 0.0688. The maximum absolute atomic E-state index is 12.7. The predicted octanol–water partition coefficient (Wildman–Crippen LogP) is 1.64. The summed E-state index contributed by atoms with van der Waals surface area (Å²) in [5.41, 5.74) is 0.393. The van der Waals surface area contributed by atoms with Crippen molar-refractivity contribution in [1.29, 1.82) is 0 Å². The second-order valence-corrected chi connectivity index (χ2v) is 7.25. The van der Waals surface area contributed by atoms with Crippen LogP contribution in [-0.2, 0) is 11.8 Å². The Hall–Kier alpha value is -2.11. The van der Waals surface area contributed by atoms with E-state index >= 15 is 0 Å². The van der Waals surface area contributed by atoms with E-state index in [-0.39, 0.29) is 17.4 Å². The van der Waals surface area contributed by atoms with E-state index in [1.807, 2.05) is 4.90 Å². The molecule has 136 valence electrons. The van der Waals surface area contributed by atoms with Crippen LogP contribution in [0, 0.1) is 5.92 Å². The molecule has 0 aromatic carbocycles. The van der Waals surface area contributed by atoms with Gasteiger partial charge in [-0.3, -0.25) is 14.4 Å². The standard InChI is InChI=1S/C19H27N3O3/c1-20-14-16(7-8-17(20)23)19(25)22-10-4-9-21(11-12-22)18(24)13-15-5-2-3-6-15/h7-8,14-15H,2-6,9-13H2,1H3. The second kappa shape index (κ2) is 7.85. The molecular formula is C19H27N3O3. The molecule has 0 unspecified atom stereocenters. The Balaban J connectivity index is 1.58. The molecule has 1 aliphatic heterocycles. The predicted molar refractivity (Wildman–Crippen MR) is 95.4 cm³/mol. The molecule has 6 heteroatoms. The number of pyridine rings is 1. The van der Waals surface area contributed by atoms with Gasteiger partial charge in [0.25, 0.3) is 5.91 Å². The van der Waals surface area contributed by atoms with E-state index < -0.39 is 0 Å². The summed E-state index contributed by atoms with van der Waals surface area (Å²) in [6.45, 7) is 2.53. The number of hydrogen-bond donors (Lipinski definition) is 0. The maximum atomic E-state index is 12.7. The molecule has 2 fully saturated rings. The monoisotopic (exact) mass is 345 g/mol. The number of aryl methyl sites for hydroxylation is 1. The van der Waals surface area contributed by atoms with Crippen molar-refractivity contribution in [2.45, 2.75) is 38.5 Å². The van der Waals surface area contributed by atoms with Crippen molar-refractivity contribution in [2.75, 3.05) is 26.2 Å². The molecule has 1 saturated carbocycles. The van der Waals surface area contributed by atoms with Gasteiger partial charge in [0, 0.05) is 51.9 Å². The molecule has 6 nitrogen and oxygen atoms in total. The van der Waals surface area contributed by atoms with Crippen LogP contribution in [0.4, 0.5) is 0 Å². The minimum Gasteiger partial charge on any atom is -0.341 e. The SMILES string of the molecule is Cn1cc(C(=O)N2CCCN(C(=O)CC3CCCC3)CC2)ccc1=O. The molecule has 0 N–H and O–H groups in total. The van der Waals surface area contributed by atoms with Crippen LogP contribution in [0.1, 0.15) is 48.9 Å². The molecular weight excluding hydrogens is 318 g/mol. The minimum atomic E-state index is -0.129. The van der Waals surface area contributed by atoms with Gasteiger partial charge >= 0.3 is 0 Å². The third-order valence-electron chi connectivity index (χ3n) is 5.41. The Morgan fingerprint density at radius 3 is 2.40 bits per heavy atom. The molecule has 0 spiro atoms. The Kier molecular flexibility index (Phi) is 5.56. The first-order valence-corrected chi connectivity index (χ1v) is 9.28. The van der Waals surface area contributed by atoms with Crippen molar-refractivity contribution in [3.8, 4) is 0 Å². The van der Waals surface area contributed by atoms with E-state index in [9.17, 15) is 14.4 Å². The highest BCUT2D eigenvalue weighted by Gasteiger charge is 2.25. The van der Waals surface area contributed by atoms with Gasteiger partial charge in [-0.05, 0) is 31.2 Å². The second-order valence-electron chi connectivity index (χ2n) is 7.25. The first kappa shape index (κ1) is 17.7. The van der Waals surface area contributed by atoms with Crippen molar-refractivity contribution in [2.24, 2.45) is 13.0 Å². The van der Waals surface area contributed by atoms with E-state index in [0.29, 0.717) is 37.5 Å². The van der Waals surface area contributed by atoms with Gasteiger partial charge in [0.15, 0.2) is 0 Å². The largest absolute Gasteiger partial charge is 0.341 e. The summed E-state index contributed by atoms with van der Waals surface area (Å²) in [6, 6.07) is 3.00. The van der Waals surface area contributed by atoms with E-state index in [0.717, 1.165) is 13.0 Å². The van der Waals surface area contributed by atoms with Crippen LogP contribution in [-0.4, -0.2) is 52.4 Å². The zero-order valence-corrected chi connectivity index (χ0v) is 14.9. The van der Waals surface area contributed by atoms with Crippen LogP contribution in [0.2, 0.25) is 0 Å². The number of nitrogens with zero attached hydrogens (tertiary/aromatic N) is 3. The van der Waals surface area contributed by atoms with Gasteiger partial charge < -0.3 is 14.4 Å². The lowest BCUT2D eigenvalue weighted by molar-refractivity contribution is -0.132. The normalized spacial score (nSPS) is 19.1. The zero-order chi connectivity index (χ0) is 17.8. The fraction of sp³-hybridized carbons (Fsp3) is 0.632. The van der Waals surface area contributed by atoms with Crippen LogP contribution < -0.4 is 5.56 Å². The third kappa shape index (κ3) is 4.30. The number of carbonyl (C=O) groups excluding carboxylic acids is 2. The van der Waals surface area contributed by atoms with Gasteiger partial charge in [0.2, 0.25) is 11.5 Å². The topological polar surface area (TPSA) is 62.6 Å². The Morgan fingerprint density at radius 2 is 1.68 bits per heavy atom. The van der Waals surface area contributed by atoms with Gasteiger partial charge in [-0.25, -0.2) is 0 Å². The van der Waals surface area contributed by atoms with Crippen molar-refractivity contribution in [3.63, 3.8) is 0 Å². The number of aromatic nitrogens is 1. The number of hydrogen-bond acceptors (Lipinski definition) is 3. The van der Waals surface area contributed by atoms with Gasteiger partial charge in [-0.1, -0.05) is 12.8 Å². The smallest absolute Gasteiger partial charge is 0.255 e. The quantitative estimate of drug-likeness (QED) is 0.837. The molecule has 0 atom stereocenters. The van der Waals surface area contributed by atoms with E-state index in [4.69, 9.17) is 0 Å². The van der Waals surface area contributed by atoms with Crippen LogP contribution in [0.15, 0.2) is 23.1 Å². The Labute approximate surface area is 148 Å². The molecule has 2 aliphatic rings. The molecule has 1 aromatic heterocycles. The first-order chi connectivity index (χ1) is 12.0. The number of amides is 2. The van der Waals surface area contributed by atoms with E-state index in [1.54, 1.807) is 24.2 Å². The van der Waals surface area contributed by atoms with Crippen LogP contribution in [0.25, 0.3) is 0 Å². The molecule has 25 heavy (non-hydrogen) atoms.